The summed E-state index contributed by atoms with van der Waals surface area (Å²) < 4.78 is 2.04. The fraction of sp³-hybridized carbons (Fsp3) is 0.600. The molecule has 0 radical (unpaired) electrons. The van der Waals surface area contributed by atoms with Crippen LogP contribution in [0.2, 0.25) is 0 Å². The van der Waals surface area contributed by atoms with Crippen LogP contribution in [-0.2, 0) is 13.5 Å². The zero-order chi connectivity index (χ0) is 11.3. The molecule has 0 spiro atoms. The summed E-state index contributed by atoms with van der Waals surface area (Å²) in [5.74, 6) is 1.11. The molecule has 84 valence electrons. The summed E-state index contributed by atoms with van der Waals surface area (Å²) in [5.41, 5.74) is 5.44. The molecule has 0 saturated heterocycles. The number of hydrogen-bond donors (Lipinski definition) is 1. The zero-order valence-corrected chi connectivity index (χ0v) is 10.1. The third-order valence-electron chi connectivity index (χ3n) is 2.38. The van der Waals surface area contributed by atoms with Crippen LogP contribution < -0.4 is 5.73 Å². The van der Waals surface area contributed by atoms with Crippen LogP contribution in [0.15, 0.2) is 12.4 Å². The number of imidazole rings is 1. The van der Waals surface area contributed by atoms with Gasteiger partial charge in [-0.15, -0.1) is 0 Å². The van der Waals surface area contributed by atoms with E-state index in [2.05, 4.69) is 16.9 Å². The second kappa shape index (κ2) is 5.82. The Morgan fingerprint density at radius 3 is 2.87 bits per heavy atom. The average Bonchev–Trinajstić information content (AvgIpc) is 2.58. The van der Waals surface area contributed by atoms with Gasteiger partial charge in [-0.1, -0.05) is 12.2 Å². The predicted octanol–water partition coefficient (Wildman–Crippen LogP) is 0.571. The van der Waals surface area contributed by atoms with Gasteiger partial charge in [-0.05, 0) is 7.05 Å². The van der Waals surface area contributed by atoms with E-state index in [0.717, 1.165) is 31.8 Å². The lowest BCUT2D eigenvalue weighted by molar-refractivity contribution is 0.345. The van der Waals surface area contributed by atoms with E-state index in [0.29, 0.717) is 4.99 Å². The average molecular weight is 226 g/mol. The highest BCUT2D eigenvalue weighted by atomic mass is 32.1. The van der Waals surface area contributed by atoms with E-state index in [4.69, 9.17) is 18.0 Å². The molecule has 4 nitrogen and oxygen atoms in total. The van der Waals surface area contributed by atoms with Crippen LogP contribution >= 0.6 is 12.2 Å². The fourth-order valence-corrected chi connectivity index (χ4v) is 1.43. The highest BCUT2D eigenvalue weighted by Gasteiger charge is 2.03. The van der Waals surface area contributed by atoms with Crippen molar-refractivity contribution in [2.24, 2.45) is 12.8 Å². The van der Waals surface area contributed by atoms with Gasteiger partial charge < -0.3 is 15.2 Å². The van der Waals surface area contributed by atoms with Gasteiger partial charge in [-0.2, -0.15) is 0 Å². The fourth-order valence-electron chi connectivity index (χ4n) is 1.34. The second-order valence-electron chi connectivity index (χ2n) is 3.72. The summed E-state index contributed by atoms with van der Waals surface area (Å²) in [6.07, 6.45) is 5.53. The lowest BCUT2D eigenvalue weighted by Crippen LogP contribution is -2.26. The second-order valence-corrected chi connectivity index (χ2v) is 4.25. The van der Waals surface area contributed by atoms with Crippen molar-refractivity contribution >= 4 is 17.2 Å². The van der Waals surface area contributed by atoms with E-state index < -0.39 is 0 Å². The van der Waals surface area contributed by atoms with Gasteiger partial charge in [0.1, 0.15) is 5.82 Å². The topological polar surface area (TPSA) is 47.1 Å². The van der Waals surface area contributed by atoms with Crippen LogP contribution in [0, 0.1) is 0 Å². The van der Waals surface area contributed by atoms with Crippen molar-refractivity contribution in [1.29, 1.82) is 0 Å². The molecule has 2 N–H and O–H groups in total. The van der Waals surface area contributed by atoms with Gasteiger partial charge >= 0.3 is 0 Å². The van der Waals surface area contributed by atoms with Gasteiger partial charge in [-0.3, -0.25) is 0 Å². The molecule has 0 aliphatic heterocycles. The Kier molecular flexibility index (Phi) is 4.71. The van der Waals surface area contributed by atoms with Crippen LogP contribution in [0.4, 0.5) is 0 Å². The van der Waals surface area contributed by atoms with Crippen LogP contribution in [0.25, 0.3) is 0 Å². The van der Waals surface area contributed by atoms with Gasteiger partial charge in [-0.25, -0.2) is 4.98 Å². The Morgan fingerprint density at radius 1 is 1.60 bits per heavy atom. The highest BCUT2D eigenvalue weighted by Crippen LogP contribution is 1.97. The molecule has 15 heavy (non-hydrogen) atoms. The van der Waals surface area contributed by atoms with Crippen molar-refractivity contribution in [2.75, 3.05) is 20.1 Å². The van der Waals surface area contributed by atoms with Gasteiger partial charge in [0.25, 0.3) is 0 Å². The molecule has 0 amide bonds. The third-order valence-corrected chi connectivity index (χ3v) is 2.58. The number of nitrogens with zero attached hydrogens (tertiary/aromatic N) is 3. The monoisotopic (exact) mass is 226 g/mol. The molecule has 0 unspecified atom stereocenters. The van der Waals surface area contributed by atoms with E-state index in [-0.39, 0.29) is 0 Å². The molecule has 0 aliphatic carbocycles. The Bertz CT molecular complexity index is 321. The Hall–Kier alpha value is -0.940. The molecule has 0 fully saturated rings. The van der Waals surface area contributed by atoms with Crippen molar-refractivity contribution < 1.29 is 0 Å². The largest absolute Gasteiger partial charge is 0.393 e. The summed E-state index contributed by atoms with van der Waals surface area (Å²) in [6.45, 7) is 1.90. The molecule has 1 aromatic rings. The molecule has 1 rings (SSSR count). The molecule has 1 aromatic heterocycles. The molecule has 0 aromatic carbocycles. The number of likely N-dealkylation sites (N-methyl/N-ethyl adjacent to an activating group) is 1. The van der Waals surface area contributed by atoms with Crippen LogP contribution in [0.1, 0.15) is 12.2 Å². The highest BCUT2D eigenvalue weighted by molar-refractivity contribution is 7.80. The van der Waals surface area contributed by atoms with Crippen molar-refractivity contribution in [3.8, 4) is 0 Å². The summed E-state index contributed by atoms with van der Waals surface area (Å²) >= 11 is 4.83. The zero-order valence-electron chi connectivity index (χ0n) is 9.31. The van der Waals surface area contributed by atoms with Crippen LogP contribution in [0.3, 0.4) is 0 Å². The quantitative estimate of drug-likeness (QED) is 0.721. The molecule has 1 heterocycles. The number of aromatic nitrogens is 2. The van der Waals surface area contributed by atoms with Gasteiger partial charge in [0.2, 0.25) is 0 Å². The summed E-state index contributed by atoms with van der Waals surface area (Å²) in [7, 11) is 4.08. The van der Waals surface area contributed by atoms with Crippen molar-refractivity contribution in [2.45, 2.75) is 12.8 Å². The molecule has 0 aliphatic rings. The molecular weight excluding hydrogens is 208 g/mol. The SMILES string of the molecule is CN(CCC(N)=S)CCc1nccn1C. The van der Waals surface area contributed by atoms with E-state index in [1.807, 2.05) is 24.0 Å². The minimum Gasteiger partial charge on any atom is -0.393 e. The molecule has 0 saturated carbocycles. The third kappa shape index (κ3) is 4.40. The molecule has 0 bridgehead atoms. The first-order valence-electron chi connectivity index (χ1n) is 5.02. The van der Waals surface area contributed by atoms with E-state index in [1.165, 1.54) is 0 Å². The van der Waals surface area contributed by atoms with Gasteiger partial charge in [0, 0.05) is 45.4 Å². The minimum atomic E-state index is 0.582. The number of rotatable bonds is 6. The minimum absolute atomic E-state index is 0.582. The lowest BCUT2D eigenvalue weighted by atomic mass is 10.3. The van der Waals surface area contributed by atoms with E-state index >= 15 is 0 Å². The van der Waals surface area contributed by atoms with Crippen molar-refractivity contribution in [1.82, 2.24) is 14.5 Å². The summed E-state index contributed by atoms with van der Waals surface area (Å²) in [5, 5.41) is 0. The first-order valence-corrected chi connectivity index (χ1v) is 5.43. The van der Waals surface area contributed by atoms with E-state index in [1.54, 1.807) is 0 Å². The first-order chi connectivity index (χ1) is 7.09. The Morgan fingerprint density at radius 2 is 2.33 bits per heavy atom. The van der Waals surface area contributed by atoms with Crippen molar-refractivity contribution in [3.63, 3.8) is 0 Å². The maximum Gasteiger partial charge on any atom is 0.109 e. The number of hydrogen-bond acceptors (Lipinski definition) is 3. The van der Waals surface area contributed by atoms with Crippen LogP contribution in [0.5, 0.6) is 0 Å². The maximum absolute atomic E-state index is 5.44. The smallest absolute Gasteiger partial charge is 0.109 e. The predicted molar refractivity (Wildman–Crippen MR) is 65.8 cm³/mol. The Balaban J connectivity index is 2.25. The van der Waals surface area contributed by atoms with Gasteiger partial charge in [0.05, 0.1) is 4.99 Å². The molecular formula is C10H18N4S. The van der Waals surface area contributed by atoms with Crippen LogP contribution in [-0.4, -0.2) is 39.6 Å². The number of nitrogens with two attached hydrogens (primary N) is 1. The van der Waals surface area contributed by atoms with Crippen molar-refractivity contribution in [3.05, 3.63) is 18.2 Å². The molecule has 5 heteroatoms. The maximum atomic E-state index is 5.44. The Labute approximate surface area is 96.1 Å². The summed E-state index contributed by atoms with van der Waals surface area (Å²) in [6, 6.07) is 0. The number of aryl methyl sites for hydroxylation is 1. The molecule has 0 atom stereocenters. The number of thiocarbonyl (C=S) groups is 1. The standard InChI is InChI=1S/C10H18N4S/c1-13(6-3-9(11)15)7-4-10-12-5-8-14(10)2/h5,8H,3-4,6-7H2,1-2H3,(H2,11,15). The normalized spacial score (nSPS) is 10.9. The van der Waals surface area contributed by atoms with E-state index in [9.17, 15) is 0 Å². The van der Waals surface area contributed by atoms with Gasteiger partial charge in [0.15, 0.2) is 0 Å². The lowest BCUT2D eigenvalue weighted by Gasteiger charge is -2.15. The summed E-state index contributed by atoms with van der Waals surface area (Å²) in [4.78, 5) is 7.07. The first kappa shape index (κ1) is 12.1.